The van der Waals surface area contributed by atoms with E-state index in [1.807, 2.05) is 0 Å². The van der Waals surface area contributed by atoms with Crippen molar-refractivity contribution in [1.29, 1.82) is 0 Å². The smallest absolute Gasteiger partial charge is 0.408 e. The minimum absolute atomic E-state index is 0.405. The Labute approximate surface area is 123 Å². The van der Waals surface area contributed by atoms with Gasteiger partial charge in [0.15, 0.2) is 0 Å². The van der Waals surface area contributed by atoms with Gasteiger partial charge in [-0.2, -0.15) is 0 Å². The SMILES string of the molecule is CC(C)(C)OC(=O)NC(CS(=O)(=O)Cl)c1ccccc1. The van der Waals surface area contributed by atoms with Crippen LogP contribution in [0.2, 0.25) is 0 Å². The summed E-state index contributed by atoms with van der Waals surface area (Å²) in [6.45, 7) is 5.17. The van der Waals surface area contributed by atoms with Crippen LogP contribution in [0.4, 0.5) is 4.79 Å². The van der Waals surface area contributed by atoms with Crippen molar-refractivity contribution in [3.8, 4) is 0 Å². The van der Waals surface area contributed by atoms with Crippen LogP contribution in [0.3, 0.4) is 0 Å². The van der Waals surface area contributed by atoms with E-state index in [-0.39, 0.29) is 0 Å². The molecule has 0 aliphatic rings. The fourth-order valence-electron chi connectivity index (χ4n) is 1.56. The number of halogens is 1. The molecule has 0 saturated heterocycles. The van der Waals surface area contributed by atoms with Crippen LogP contribution in [0, 0.1) is 0 Å². The first kappa shape index (κ1) is 16.8. The number of amides is 1. The fraction of sp³-hybridized carbons (Fsp3) is 0.462. The van der Waals surface area contributed by atoms with Crippen molar-refractivity contribution >= 4 is 25.8 Å². The molecule has 0 bridgehead atoms. The van der Waals surface area contributed by atoms with Crippen molar-refractivity contribution in [3.05, 3.63) is 35.9 Å². The number of carbonyl (C=O) groups is 1. The van der Waals surface area contributed by atoms with Crippen molar-refractivity contribution in [2.75, 3.05) is 5.75 Å². The lowest BCUT2D eigenvalue weighted by atomic mass is 10.1. The predicted octanol–water partition coefficient (Wildman–Crippen LogP) is 2.82. The van der Waals surface area contributed by atoms with Crippen LogP contribution in [0.5, 0.6) is 0 Å². The van der Waals surface area contributed by atoms with E-state index in [0.717, 1.165) is 0 Å². The molecule has 0 fully saturated rings. The van der Waals surface area contributed by atoms with E-state index in [2.05, 4.69) is 5.32 Å². The van der Waals surface area contributed by atoms with Crippen LogP contribution in [-0.2, 0) is 13.8 Å². The number of hydrogen-bond donors (Lipinski definition) is 1. The van der Waals surface area contributed by atoms with Gasteiger partial charge in [0.25, 0.3) is 0 Å². The molecule has 1 amide bonds. The topological polar surface area (TPSA) is 72.5 Å². The number of benzene rings is 1. The molecule has 1 atom stereocenters. The third kappa shape index (κ3) is 6.77. The number of carbonyl (C=O) groups excluding carboxylic acids is 1. The van der Waals surface area contributed by atoms with Gasteiger partial charge in [0.05, 0.1) is 11.8 Å². The monoisotopic (exact) mass is 319 g/mol. The summed E-state index contributed by atoms with van der Waals surface area (Å²) in [7, 11) is 1.52. The van der Waals surface area contributed by atoms with Crippen molar-refractivity contribution in [2.24, 2.45) is 0 Å². The minimum atomic E-state index is -3.76. The van der Waals surface area contributed by atoms with Gasteiger partial charge < -0.3 is 10.1 Å². The zero-order valence-corrected chi connectivity index (χ0v) is 13.2. The lowest BCUT2D eigenvalue weighted by molar-refractivity contribution is 0.0509. The van der Waals surface area contributed by atoms with E-state index in [4.69, 9.17) is 15.4 Å². The van der Waals surface area contributed by atoms with Crippen LogP contribution < -0.4 is 5.32 Å². The van der Waals surface area contributed by atoms with Gasteiger partial charge in [-0.1, -0.05) is 30.3 Å². The van der Waals surface area contributed by atoms with E-state index >= 15 is 0 Å². The van der Waals surface area contributed by atoms with Gasteiger partial charge in [0, 0.05) is 10.7 Å². The summed E-state index contributed by atoms with van der Waals surface area (Å²) < 4.78 is 27.6. The Kier molecular flexibility index (Phi) is 5.42. The predicted molar refractivity (Wildman–Crippen MR) is 78.2 cm³/mol. The van der Waals surface area contributed by atoms with Crippen molar-refractivity contribution in [1.82, 2.24) is 5.32 Å². The highest BCUT2D eigenvalue weighted by atomic mass is 35.7. The number of alkyl carbamates (subject to hydrolysis) is 1. The van der Waals surface area contributed by atoms with Gasteiger partial charge in [0.2, 0.25) is 9.05 Å². The lowest BCUT2D eigenvalue weighted by Crippen LogP contribution is -2.37. The molecule has 0 heterocycles. The summed E-state index contributed by atoms with van der Waals surface area (Å²) in [5.74, 6) is -0.405. The van der Waals surface area contributed by atoms with Crippen LogP contribution in [-0.4, -0.2) is 25.9 Å². The molecule has 1 aromatic rings. The summed E-state index contributed by atoms with van der Waals surface area (Å²) >= 11 is 0. The van der Waals surface area contributed by atoms with Gasteiger partial charge in [-0.05, 0) is 26.3 Å². The Balaban J connectivity index is 2.87. The highest BCUT2D eigenvalue weighted by molar-refractivity contribution is 8.13. The normalized spacial score (nSPS) is 13.6. The number of hydrogen-bond acceptors (Lipinski definition) is 4. The van der Waals surface area contributed by atoms with Crippen molar-refractivity contribution in [2.45, 2.75) is 32.4 Å². The fourth-order valence-corrected chi connectivity index (χ4v) is 2.61. The van der Waals surface area contributed by atoms with Gasteiger partial charge in [0.1, 0.15) is 5.60 Å². The Morgan fingerprint density at radius 3 is 2.30 bits per heavy atom. The number of ether oxygens (including phenoxy) is 1. The molecule has 112 valence electrons. The molecule has 1 aromatic carbocycles. The van der Waals surface area contributed by atoms with Crippen molar-refractivity contribution in [3.63, 3.8) is 0 Å². The van der Waals surface area contributed by atoms with Gasteiger partial charge in [-0.3, -0.25) is 0 Å². The molecule has 1 rings (SSSR count). The van der Waals surface area contributed by atoms with Crippen LogP contribution >= 0.6 is 10.7 Å². The van der Waals surface area contributed by atoms with Crippen LogP contribution in [0.25, 0.3) is 0 Å². The molecule has 1 N–H and O–H groups in total. The first-order valence-corrected chi connectivity index (χ1v) is 8.51. The average Bonchev–Trinajstić information content (AvgIpc) is 2.25. The first-order valence-electron chi connectivity index (χ1n) is 6.03. The van der Waals surface area contributed by atoms with E-state index < -0.39 is 32.5 Å². The standard InChI is InChI=1S/C13H18ClNO4S/c1-13(2,3)19-12(16)15-11(9-20(14,17)18)10-7-5-4-6-8-10/h4-8,11H,9H2,1-3H3,(H,15,16). The van der Waals surface area contributed by atoms with E-state index in [1.54, 1.807) is 51.1 Å². The Morgan fingerprint density at radius 2 is 1.85 bits per heavy atom. The molecular weight excluding hydrogens is 302 g/mol. The number of rotatable bonds is 4. The zero-order valence-electron chi connectivity index (χ0n) is 11.6. The second kappa shape index (κ2) is 6.45. The Bertz CT molecular complexity index is 551. The van der Waals surface area contributed by atoms with E-state index in [0.29, 0.717) is 5.56 Å². The second-order valence-electron chi connectivity index (χ2n) is 5.32. The summed E-state index contributed by atoms with van der Waals surface area (Å²) in [5, 5.41) is 2.52. The molecule has 0 saturated carbocycles. The summed E-state index contributed by atoms with van der Waals surface area (Å²) in [4.78, 5) is 11.8. The minimum Gasteiger partial charge on any atom is -0.444 e. The maximum absolute atomic E-state index is 11.8. The molecule has 5 nitrogen and oxygen atoms in total. The van der Waals surface area contributed by atoms with Crippen LogP contribution in [0.15, 0.2) is 30.3 Å². The average molecular weight is 320 g/mol. The first-order chi connectivity index (χ1) is 9.07. The molecule has 0 aliphatic heterocycles. The summed E-state index contributed by atoms with van der Waals surface area (Å²) in [6.07, 6.45) is -0.688. The van der Waals surface area contributed by atoms with Gasteiger partial charge in [-0.15, -0.1) is 0 Å². The third-order valence-corrected chi connectivity index (χ3v) is 3.37. The van der Waals surface area contributed by atoms with Crippen LogP contribution in [0.1, 0.15) is 32.4 Å². The maximum atomic E-state index is 11.8. The third-order valence-electron chi connectivity index (χ3n) is 2.26. The van der Waals surface area contributed by atoms with E-state index in [1.165, 1.54) is 0 Å². The Hall–Kier alpha value is -1.27. The molecule has 0 spiro atoms. The molecule has 0 aromatic heterocycles. The maximum Gasteiger partial charge on any atom is 0.408 e. The number of nitrogens with one attached hydrogen (secondary N) is 1. The summed E-state index contributed by atoms with van der Waals surface area (Å²) in [5.41, 5.74) is -0.0203. The Morgan fingerprint density at radius 1 is 1.30 bits per heavy atom. The molecule has 20 heavy (non-hydrogen) atoms. The van der Waals surface area contributed by atoms with Crippen molar-refractivity contribution < 1.29 is 17.9 Å². The molecule has 0 aliphatic carbocycles. The highest BCUT2D eigenvalue weighted by Crippen LogP contribution is 2.18. The molecule has 1 unspecified atom stereocenters. The molecular formula is C13H18ClNO4S. The van der Waals surface area contributed by atoms with E-state index in [9.17, 15) is 13.2 Å². The quantitative estimate of drug-likeness (QED) is 0.866. The van der Waals surface area contributed by atoms with Gasteiger partial charge in [-0.25, -0.2) is 13.2 Å². The largest absolute Gasteiger partial charge is 0.444 e. The highest BCUT2D eigenvalue weighted by Gasteiger charge is 2.24. The lowest BCUT2D eigenvalue weighted by Gasteiger charge is -2.23. The molecule has 0 radical (unpaired) electrons. The molecule has 7 heteroatoms. The summed E-state index contributed by atoms with van der Waals surface area (Å²) in [6, 6.07) is 7.96. The second-order valence-corrected chi connectivity index (χ2v) is 8.14. The van der Waals surface area contributed by atoms with Gasteiger partial charge >= 0.3 is 6.09 Å². The zero-order chi connectivity index (χ0) is 15.4.